The van der Waals surface area contributed by atoms with Crippen LogP contribution in [0.25, 0.3) is 10.9 Å². The molecule has 29 heavy (non-hydrogen) atoms. The van der Waals surface area contributed by atoms with Gasteiger partial charge in [-0.2, -0.15) is 0 Å². The summed E-state index contributed by atoms with van der Waals surface area (Å²) in [4.78, 5) is 23.4. The van der Waals surface area contributed by atoms with Gasteiger partial charge in [-0.05, 0) is 37.0 Å². The highest BCUT2D eigenvalue weighted by Crippen LogP contribution is 2.26. The third-order valence-corrected chi connectivity index (χ3v) is 5.67. The fourth-order valence-electron chi connectivity index (χ4n) is 4.06. The SMILES string of the molecule is CCC(C(=O)N1CCC(Nc2ncnc3c(F)cccc23)CC1)c1ccccc1. The van der Waals surface area contributed by atoms with Gasteiger partial charge in [-0.3, -0.25) is 4.79 Å². The van der Waals surface area contributed by atoms with Crippen LogP contribution in [0, 0.1) is 5.82 Å². The maximum absolute atomic E-state index is 14.0. The fourth-order valence-corrected chi connectivity index (χ4v) is 4.06. The van der Waals surface area contributed by atoms with E-state index in [2.05, 4.69) is 22.2 Å². The molecule has 0 spiro atoms. The second kappa shape index (κ2) is 8.55. The molecule has 1 N–H and O–H groups in total. The highest BCUT2D eigenvalue weighted by atomic mass is 19.1. The molecule has 1 aliphatic rings. The molecule has 1 aliphatic heterocycles. The van der Waals surface area contributed by atoms with E-state index in [1.807, 2.05) is 41.3 Å². The van der Waals surface area contributed by atoms with Crippen LogP contribution in [0.4, 0.5) is 10.2 Å². The van der Waals surface area contributed by atoms with E-state index < -0.39 is 0 Å². The Labute approximate surface area is 170 Å². The Morgan fingerprint density at radius 3 is 2.62 bits per heavy atom. The first-order valence-corrected chi connectivity index (χ1v) is 10.2. The second-order valence-electron chi connectivity index (χ2n) is 7.47. The van der Waals surface area contributed by atoms with Gasteiger partial charge in [-0.15, -0.1) is 0 Å². The van der Waals surface area contributed by atoms with Crippen LogP contribution in [0.1, 0.15) is 37.7 Å². The van der Waals surface area contributed by atoms with E-state index in [0.29, 0.717) is 29.8 Å². The quantitative estimate of drug-likeness (QED) is 0.701. The van der Waals surface area contributed by atoms with Gasteiger partial charge in [0.15, 0.2) is 0 Å². The third-order valence-electron chi connectivity index (χ3n) is 5.67. The van der Waals surface area contributed by atoms with Crippen LogP contribution >= 0.6 is 0 Å². The van der Waals surface area contributed by atoms with Crippen molar-refractivity contribution in [2.75, 3.05) is 18.4 Å². The van der Waals surface area contributed by atoms with Crippen molar-refractivity contribution in [1.82, 2.24) is 14.9 Å². The molecule has 1 aromatic heterocycles. The van der Waals surface area contributed by atoms with Crippen LogP contribution in [0.2, 0.25) is 0 Å². The number of halogens is 1. The number of para-hydroxylation sites is 1. The summed E-state index contributed by atoms with van der Waals surface area (Å²) in [6, 6.07) is 15.1. The van der Waals surface area contributed by atoms with Crippen molar-refractivity contribution in [3.05, 3.63) is 66.2 Å². The summed E-state index contributed by atoms with van der Waals surface area (Å²) < 4.78 is 14.0. The van der Waals surface area contributed by atoms with Crippen molar-refractivity contribution >= 4 is 22.6 Å². The summed E-state index contributed by atoms with van der Waals surface area (Å²) in [5, 5.41) is 4.11. The molecule has 5 nitrogen and oxygen atoms in total. The maximum atomic E-state index is 14.0. The summed E-state index contributed by atoms with van der Waals surface area (Å²) in [7, 11) is 0. The molecule has 2 heterocycles. The number of piperidine rings is 1. The third kappa shape index (κ3) is 4.06. The highest BCUT2D eigenvalue weighted by Gasteiger charge is 2.28. The minimum atomic E-state index is -0.347. The van der Waals surface area contributed by atoms with Crippen molar-refractivity contribution < 1.29 is 9.18 Å². The van der Waals surface area contributed by atoms with Gasteiger partial charge in [0.05, 0.1) is 5.92 Å². The molecule has 0 saturated carbocycles. The molecule has 6 heteroatoms. The van der Waals surface area contributed by atoms with Crippen LogP contribution in [0.15, 0.2) is 54.9 Å². The Balaban J connectivity index is 1.41. The molecule has 3 aromatic rings. The number of fused-ring (bicyclic) bond motifs is 1. The summed E-state index contributed by atoms with van der Waals surface area (Å²) in [5.74, 6) is 0.413. The number of aromatic nitrogens is 2. The van der Waals surface area contributed by atoms with Crippen LogP contribution in [-0.4, -0.2) is 39.9 Å². The number of hydrogen-bond acceptors (Lipinski definition) is 4. The van der Waals surface area contributed by atoms with Crippen molar-refractivity contribution in [3.8, 4) is 0 Å². The minimum absolute atomic E-state index is 0.0884. The topological polar surface area (TPSA) is 58.1 Å². The van der Waals surface area contributed by atoms with Gasteiger partial charge in [0.2, 0.25) is 5.91 Å². The zero-order chi connectivity index (χ0) is 20.2. The molecular formula is C23H25FN4O. The lowest BCUT2D eigenvalue weighted by atomic mass is 9.93. The van der Waals surface area contributed by atoms with E-state index in [0.717, 1.165) is 24.8 Å². The predicted octanol–water partition coefficient (Wildman–Crippen LogP) is 4.37. The number of nitrogens with zero attached hydrogens (tertiary/aromatic N) is 3. The number of amides is 1. The van der Waals surface area contributed by atoms with E-state index in [1.54, 1.807) is 6.07 Å². The molecule has 2 aromatic carbocycles. The van der Waals surface area contributed by atoms with Gasteiger partial charge in [0, 0.05) is 24.5 Å². The van der Waals surface area contributed by atoms with Crippen molar-refractivity contribution in [3.63, 3.8) is 0 Å². The van der Waals surface area contributed by atoms with Gasteiger partial charge < -0.3 is 10.2 Å². The molecule has 0 radical (unpaired) electrons. The Morgan fingerprint density at radius 1 is 1.14 bits per heavy atom. The standard InChI is InChI=1S/C23H25FN4O/c1-2-18(16-7-4-3-5-8-16)23(29)28-13-11-17(12-14-28)27-22-19-9-6-10-20(24)21(19)25-15-26-22/h3-10,15,17-18H,2,11-14H2,1H3,(H,25,26,27). The first-order valence-electron chi connectivity index (χ1n) is 10.2. The van der Waals surface area contributed by atoms with Gasteiger partial charge in [0.1, 0.15) is 23.5 Å². The van der Waals surface area contributed by atoms with E-state index in [1.165, 1.54) is 12.4 Å². The summed E-state index contributed by atoms with van der Waals surface area (Å²) in [5.41, 5.74) is 1.40. The van der Waals surface area contributed by atoms with Crippen LogP contribution in [-0.2, 0) is 4.79 Å². The molecule has 150 valence electrons. The molecule has 1 unspecified atom stereocenters. The fraction of sp³-hybridized carbons (Fsp3) is 0.348. The predicted molar refractivity (Wildman–Crippen MR) is 112 cm³/mol. The number of carbonyl (C=O) groups excluding carboxylic acids is 1. The minimum Gasteiger partial charge on any atom is -0.367 e. The van der Waals surface area contributed by atoms with Crippen molar-refractivity contribution in [2.45, 2.75) is 38.1 Å². The monoisotopic (exact) mass is 392 g/mol. The molecule has 1 fully saturated rings. The van der Waals surface area contributed by atoms with Gasteiger partial charge in [-0.25, -0.2) is 14.4 Å². The molecule has 1 saturated heterocycles. The first kappa shape index (κ1) is 19.3. The smallest absolute Gasteiger partial charge is 0.230 e. The van der Waals surface area contributed by atoms with E-state index >= 15 is 0 Å². The van der Waals surface area contributed by atoms with Gasteiger partial charge in [0.25, 0.3) is 0 Å². The normalized spacial score (nSPS) is 16.0. The largest absolute Gasteiger partial charge is 0.367 e. The van der Waals surface area contributed by atoms with Gasteiger partial charge in [-0.1, -0.05) is 43.3 Å². The highest BCUT2D eigenvalue weighted by molar-refractivity contribution is 5.89. The van der Waals surface area contributed by atoms with Crippen LogP contribution < -0.4 is 5.32 Å². The number of rotatable bonds is 5. The molecule has 0 aliphatic carbocycles. The average Bonchev–Trinajstić information content (AvgIpc) is 2.76. The van der Waals surface area contributed by atoms with Crippen LogP contribution in [0.3, 0.4) is 0 Å². The van der Waals surface area contributed by atoms with Crippen molar-refractivity contribution in [2.24, 2.45) is 0 Å². The Kier molecular flexibility index (Phi) is 5.69. The Bertz CT molecular complexity index is 987. The summed E-state index contributed by atoms with van der Waals surface area (Å²) >= 11 is 0. The summed E-state index contributed by atoms with van der Waals surface area (Å²) in [6.07, 6.45) is 3.84. The van der Waals surface area contributed by atoms with Gasteiger partial charge >= 0.3 is 0 Å². The average molecular weight is 392 g/mol. The van der Waals surface area contributed by atoms with E-state index in [9.17, 15) is 9.18 Å². The number of hydrogen-bond donors (Lipinski definition) is 1. The number of likely N-dealkylation sites (tertiary alicyclic amines) is 1. The molecule has 4 rings (SSSR count). The first-order chi connectivity index (χ1) is 14.2. The second-order valence-corrected chi connectivity index (χ2v) is 7.47. The Hall–Kier alpha value is -3.02. The zero-order valence-electron chi connectivity index (χ0n) is 16.5. The molecule has 1 atom stereocenters. The van der Waals surface area contributed by atoms with Crippen molar-refractivity contribution in [1.29, 1.82) is 0 Å². The lowest BCUT2D eigenvalue weighted by molar-refractivity contribution is -0.133. The number of anilines is 1. The maximum Gasteiger partial charge on any atom is 0.230 e. The number of benzene rings is 2. The number of carbonyl (C=O) groups is 1. The summed E-state index contributed by atoms with van der Waals surface area (Å²) in [6.45, 7) is 3.47. The number of nitrogens with one attached hydrogen (secondary N) is 1. The lowest BCUT2D eigenvalue weighted by Gasteiger charge is -2.34. The zero-order valence-corrected chi connectivity index (χ0v) is 16.5. The van der Waals surface area contributed by atoms with E-state index in [4.69, 9.17) is 0 Å². The van der Waals surface area contributed by atoms with E-state index in [-0.39, 0.29) is 23.7 Å². The van der Waals surface area contributed by atoms with Crippen LogP contribution in [0.5, 0.6) is 0 Å². The molecule has 0 bridgehead atoms. The lowest BCUT2D eigenvalue weighted by Crippen LogP contribution is -2.44. The molecular weight excluding hydrogens is 367 g/mol. The Morgan fingerprint density at radius 2 is 1.90 bits per heavy atom. The molecule has 1 amide bonds.